The number of rotatable bonds is 6. The third-order valence-corrected chi connectivity index (χ3v) is 7.64. The van der Waals surface area contributed by atoms with E-state index in [4.69, 9.17) is 16.3 Å². The van der Waals surface area contributed by atoms with Crippen molar-refractivity contribution in [3.05, 3.63) is 100 Å². The Morgan fingerprint density at radius 1 is 1.11 bits per heavy atom. The van der Waals surface area contributed by atoms with Crippen molar-refractivity contribution in [1.29, 1.82) is 0 Å². The van der Waals surface area contributed by atoms with Gasteiger partial charge in [-0.2, -0.15) is 0 Å². The molecule has 1 saturated heterocycles. The standard InChI is InChI=1S/C31H31ClN2O4/c1-20-8-6-11-23(16-20)25-13-12-24(17-26(25)32)28-29(36)31(38-30(28)37)14-7-15-34(19-31)18-27(35)33-21(2)22-9-4-3-5-10-22/h3-6,8-13,16-17,21,36H,7,14-15,18-19H2,1-2H3,(H,33,35). The Morgan fingerprint density at radius 3 is 2.63 bits per heavy atom. The Balaban J connectivity index is 1.33. The number of amides is 1. The van der Waals surface area contributed by atoms with Gasteiger partial charge in [0.25, 0.3) is 0 Å². The molecule has 2 aliphatic heterocycles. The third kappa shape index (κ3) is 5.19. The first-order chi connectivity index (χ1) is 18.3. The van der Waals surface area contributed by atoms with Crippen molar-refractivity contribution in [2.24, 2.45) is 0 Å². The molecule has 1 spiro atoms. The van der Waals surface area contributed by atoms with Crippen molar-refractivity contribution in [1.82, 2.24) is 10.2 Å². The van der Waals surface area contributed by atoms with Crippen LogP contribution in [0.1, 0.15) is 42.5 Å². The topological polar surface area (TPSA) is 78.9 Å². The van der Waals surface area contributed by atoms with Gasteiger partial charge in [-0.1, -0.05) is 83.9 Å². The molecule has 0 saturated carbocycles. The van der Waals surface area contributed by atoms with Crippen LogP contribution in [-0.4, -0.2) is 47.1 Å². The molecule has 5 rings (SSSR count). The number of nitrogens with one attached hydrogen (secondary N) is 1. The first-order valence-corrected chi connectivity index (χ1v) is 13.2. The number of hydrogen-bond donors (Lipinski definition) is 2. The van der Waals surface area contributed by atoms with Crippen LogP contribution in [0.2, 0.25) is 5.02 Å². The van der Waals surface area contributed by atoms with Gasteiger partial charge in [0, 0.05) is 17.1 Å². The maximum atomic E-state index is 13.0. The van der Waals surface area contributed by atoms with Gasteiger partial charge in [0.05, 0.1) is 12.6 Å². The highest BCUT2D eigenvalue weighted by atomic mass is 35.5. The second kappa shape index (κ2) is 10.6. The van der Waals surface area contributed by atoms with Gasteiger partial charge in [-0.05, 0) is 56.0 Å². The van der Waals surface area contributed by atoms with Crippen molar-refractivity contribution in [2.75, 3.05) is 19.6 Å². The molecule has 2 unspecified atom stereocenters. The molecule has 3 aromatic rings. The number of ether oxygens (including phenoxy) is 1. The summed E-state index contributed by atoms with van der Waals surface area (Å²) < 4.78 is 5.82. The average molecular weight is 531 g/mol. The van der Waals surface area contributed by atoms with Crippen molar-refractivity contribution in [3.63, 3.8) is 0 Å². The highest BCUT2D eigenvalue weighted by molar-refractivity contribution is 6.34. The van der Waals surface area contributed by atoms with Gasteiger partial charge in [0.2, 0.25) is 5.91 Å². The lowest BCUT2D eigenvalue weighted by atomic mass is 9.88. The van der Waals surface area contributed by atoms with Crippen molar-refractivity contribution in [2.45, 2.75) is 38.3 Å². The lowest BCUT2D eigenvalue weighted by molar-refractivity contribution is -0.152. The van der Waals surface area contributed by atoms with Gasteiger partial charge in [0.1, 0.15) is 5.57 Å². The second-order valence-corrected chi connectivity index (χ2v) is 10.6. The molecule has 6 nitrogen and oxygen atoms in total. The Labute approximate surface area is 227 Å². The van der Waals surface area contributed by atoms with Crippen LogP contribution < -0.4 is 5.32 Å². The van der Waals surface area contributed by atoms with E-state index in [-0.39, 0.29) is 36.4 Å². The number of hydrogen-bond acceptors (Lipinski definition) is 5. The molecule has 38 heavy (non-hydrogen) atoms. The Morgan fingerprint density at radius 2 is 1.89 bits per heavy atom. The highest BCUT2D eigenvalue weighted by Crippen LogP contribution is 2.43. The summed E-state index contributed by atoms with van der Waals surface area (Å²) >= 11 is 6.62. The number of piperidine rings is 1. The van der Waals surface area contributed by atoms with E-state index < -0.39 is 11.6 Å². The molecule has 3 aromatic carbocycles. The minimum Gasteiger partial charge on any atom is -0.507 e. The summed E-state index contributed by atoms with van der Waals surface area (Å²) in [6, 6.07) is 23.0. The van der Waals surface area contributed by atoms with Crippen LogP contribution in [0.3, 0.4) is 0 Å². The van der Waals surface area contributed by atoms with Crippen LogP contribution in [0.5, 0.6) is 0 Å². The number of aliphatic hydroxyl groups is 1. The minimum atomic E-state index is -1.17. The summed E-state index contributed by atoms with van der Waals surface area (Å²) in [5, 5.41) is 14.8. The van der Waals surface area contributed by atoms with Crippen molar-refractivity contribution >= 4 is 29.1 Å². The van der Waals surface area contributed by atoms with Crippen LogP contribution >= 0.6 is 11.6 Å². The summed E-state index contributed by atoms with van der Waals surface area (Å²) in [6.45, 7) is 5.03. The van der Waals surface area contributed by atoms with Crippen LogP contribution in [0, 0.1) is 6.92 Å². The lowest BCUT2D eigenvalue weighted by Crippen LogP contribution is -2.52. The molecule has 196 valence electrons. The summed E-state index contributed by atoms with van der Waals surface area (Å²) in [7, 11) is 0. The number of aryl methyl sites for hydroxylation is 1. The van der Waals surface area contributed by atoms with Crippen LogP contribution in [0.25, 0.3) is 16.7 Å². The van der Waals surface area contributed by atoms with Crippen LogP contribution in [0.15, 0.2) is 78.6 Å². The van der Waals surface area contributed by atoms with Crippen LogP contribution in [-0.2, 0) is 14.3 Å². The summed E-state index contributed by atoms with van der Waals surface area (Å²) in [6.07, 6.45) is 1.17. The fourth-order valence-corrected chi connectivity index (χ4v) is 5.70. The molecule has 0 aromatic heterocycles. The number of carbonyl (C=O) groups is 2. The number of carbonyl (C=O) groups excluding carboxylic acids is 2. The number of halogens is 1. The summed E-state index contributed by atoms with van der Waals surface area (Å²) in [5.74, 6) is -0.791. The number of nitrogens with zero attached hydrogens (tertiary/aromatic N) is 1. The van der Waals surface area contributed by atoms with Crippen molar-refractivity contribution < 1.29 is 19.4 Å². The fourth-order valence-electron chi connectivity index (χ4n) is 5.41. The molecular weight excluding hydrogens is 500 g/mol. The molecule has 1 amide bonds. The zero-order chi connectivity index (χ0) is 26.9. The molecule has 1 fully saturated rings. The fraction of sp³-hybridized carbons (Fsp3) is 0.290. The predicted molar refractivity (Wildman–Crippen MR) is 149 cm³/mol. The Kier molecular flexibility index (Phi) is 7.28. The SMILES string of the molecule is Cc1cccc(-c2ccc(C3=C(O)C4(CCCN(CC(=O)NC(C)c5ccccc5)C4)OC3=O)cc2Cl)c1. The quantitative estimate of drug-likeness (QED) is 0.391. The van der Waals surface area contributed by atoms with Crippen LogP contribution in [0.4, 0.5) is 0 Å². The van der Waals surface area contributed by atoms with E-state index in [9.17, 15) is 14.7 Å². The molecular formula is C31H31ClN2O4. The number of likely N-dealkylation sites (tertiary alicyclic amines) is 1. The van der Waals surface area contributed by atoms with Gasteiger partial charge in [0.15, 0.2) is 11.4 Å². The van der Waals surface area contributed by atoms with E-state index in [1.54, 1.807) is 12.1 Å². The Hall–Kier alpha value is -3.61. The van der Waals surface area contributed by atoms with E-state index >= 15 is 0 Å². The van der Waals surface area contributed by atoms with E-state index in [0.29, 0.717) is 30.0 Å². The maximum absolute atomic E-state index is 13.0. The first-order valence-electron chi connectivity index (χ1n) is 12.9. The van der Waals surface area contributed by atoms with Gasteiger partial charge in [-0.3, -0.25) is 9.69 Å². The minimum absolute atomic E-state index is 0.0929. The van der Waals surface area contributed by atoms with Gasteiger partial charge in [-0.25, -0.2) is 4.79 Å². The number of esters is 1. The smallest absolute Gasteiger partial charge is 0.343 e. The highest BCUT2D eigenvalue weighted by Gasteiger charge is 2.51. The summed E-state index contributed by atoms with van der Waals surface area (Å²) in [4.78, 5) is 27.7. The van der Waals surface area contributed by atoms with E-state index in [1.165, 1.54) is 0 Å². The molecule has 2 aliphatic rings. The molecule has 2 heterocycles. The molecule has 2 atom stereocenters. The number of benzene rings is 3. The lowest BCUT2D eigenvalue weighted by Gasteiger charge is -2.38. The molecule has 7 heteroatoms. The zero-order valence-corrected chi connectivity index (χ0v) is 22.3. The van der Waals surface area contributed by atoms with E-state index in [2.05, 4.69) is 5.32 Å². The van der Waals surface area contributed by atoms with Gasteiger partial charge in [-0.15, -0.1) is 0 Å². The zero-order valence-electron chi connectivity index (χ0n) is 21.5. The third-order valence-electron chi connectivity index (χ3n) is 7.33. The second-order valence-electron chi connectivity index (χ2n) is 10.2. The first kappa shape index (κ1) is 26.0. The molecule has 0 bridgehead atoms. The molecule has 0 aliphatic carbocycles. The van der Waals surface area contributed by atoms with E-state index in [0.717, 1.165) is 22.3 Å². The normalized spacial score (nSPS) is 20.4. The average Bonchev–Trinajstić information content (AvgIpc) is 3.12. The molecule has 0 radical (unpaired) electrons. The van der Waals surface area contributed by atoms with Gasteiger partial charge >= 0.3 is 5.97 Å². The largest absolute Gasteiger partial charge is 0.507 e. The number of aliphatic hydroxyl groups excluding tert-OH is 1. The predicted octanol–water partition coefficient (Wildman–Crippen LogP) is 5.85. The van der Waals surface area contributed by atoms with Crippen molar-refractivity contribution in [3.8, 4) is 11.1 Å². The monoisotopic (exact) mass is 530 g/mol. The van der Waals surface area contributed by atoms with Gasteiger partial charge < -0.3 is 15.2 Å². The summed E-state index contributed by atoms with van der Waals surface area (Å²) in [5.41, 5.74) is 3.45. The van der Waals surface area contributed by atoms with E-state index in [1.807, 2.05) is 79.4 Å². The molecule has 2 N–H and O–H groups in total. The Bertz CT molecular complexity index is 1400. The maximum Gasteiger partial charge on any atom is 0.343 e.